The molecule has 1 heterocycles. The number of hydrogen-bond acceptors (Lipinski definition) is 3. The van der Waals surface area contributed by atoms with Crippen molar-refractivity contribution in [2.45, 2.75) is 19.3 Å². The van der Waals surface area contributed by atoms with Crippen LogP contribution in [0.3, 0.4) is 0 Å². The average Bonchev–Trinajstić information content (AvgIpc) is 2.93. The molecule has 0 aliphatic carbocycles. The SMILES string of the molecule is CC(C)(CNc1nc2c(O)cccc2[nH]1)c1ccc(Cl)c(Cl)c1. The van der Waals surface area contributed by atoms with Crippen LogP contribution in [0, 0.1) is 0 Å². The molecule has 6 heteroatoms. The van der Waals surface area contributed by atoms with Gasteiger partial charge in [-0.15, -0.1) is 0 Å². The molecule has 0 atom stereocenters. The van der Waals surface area contributed by atoms with Crippen molar-refractivity contribution in [3.05, 3.63) is 52.0 Å². The third kappa shape index (κ3) is 3.23. The molecule has 0 saturated heterocycles. The minimum Gasteiger partial charge on any atom is -0.506 e. The Morgan fingerprint density at radius 3 is 2.65 bits per heavy atom. The number of nitrogens with one attached hydrogen (secondary N) is 2. The molecule has 2 aromatic carbocycles. The van der Waals surface area contributed by atoms with Gasteiger partial charge in [-0.25, -0.2) is 4.98 Å². The molecule has 3 rings (SSSR count). The molecule has 0 aliphatic rings. The van der Waals surface area contributed by atoms with E-state index in [4.69, 9.17) is 23.2 Å². The van der Waals surface area contributed by atoms with Crippen molar-refractivity contribution < 1.29 is 5.11 Å². The quantitative estimate of drug-likeness (QED) is 0.623. The van der Waals surface area contributed by atoms with Crippen LogP contribution in [0.2, 0.25) is 10.0 Å². The zero-order valence-corrected chi connectivity index (χ0v) is 14.3. The van der Waals surface area contributed by atoms with Crippen molar-refractivity contribution in [3.8, 4) is 5.75 Å². The predicted molar refractivity (Wildman–Crippen MR) is 95.7 cm³/mol. The van der Waals surface area contributed by atoms with Crippen LogP contribution >= 0.6 is 23.2 Å². The third-order valence-corrected chi connectivity index (χ3v) is 4.63. The van der Waals surface area contributed by atoms with E-state index in [1.807, 2.05) is 18.2 Å². The van der Waals surface area contributed by atoms with Crippen molar-refractivity contribution in [2.24, 2.45) is 0 Å². The second kappa shape index (κ2) is 5.95. The summed E-state index contributed by atoms with van der Waals surface area (Å²) in [5, 5.41) is 14.2. The Labute approximate surface area is 144 Å². The van der Waals surface area contributed by atoms with Gasteiger partial charge in [0.15, 0.2) is 0 Å². The molecule has 0 radical (unpaired) electrons. The number of aromatic hydroxyl groups is 1. The van der Waals surface area contributed by atoms with Crippen molar-refractivity contribution in [1.29, 1.82) is 0 Å². The monoisotopic (exact) mass is 349 g/mol. The summed E-state index contributed by atoms with van der Waals surface area (Å²) in [4.78, 5) is 7.53. The lowest BCUT2D eigenvalue weighted by atomic mass is 9.84. The molecule has 0 amide bonds. The van der Waals surface area contributed by atoms with E-state index < -0.39 is 0 Å². The van der Waals surface area contributed by atoms with Crippen LogP contribution in [0.4, 0.5) is 5.95 Å². The first kappa shape index (κ1) is 16.0. The number of aromatic nitrogens is 2. The molecule has 23 heavy (non-hydrogen) atoms. The molecule has 1 aromatic heterocycles. The van der Waals surface area contributed by atoms with Gasteiger partial charge in [-0.3, -0.25) is 0 Å². The summed E-state index contributed by atoms with van der Waals surface area (Å²) in [7, 11) is 0. The van der Waals surface area contributed by atoms with Gasteiger partial charge < -0.3 is 15.4 Å². The number of phenolic OH excluding ortho intramolecular Hbond substituents is 1. The minimum absolute atomic E-state index is 0.163. The Balaban J connectivity index is 1.79. The van der Waals surface area contributed by atoms with Crippen LogP contribution in [-0.4, -0.2) is 21.6 Å². The van der Waals surface area contributed by atoms with E-state index in [1.54, 1.807) is 18.2 Å². The largest absolute Gasteiger partial charge is 0.506 e. The number of rotatable bonds is 4. The molecule has 0 bridgehead atoms. The predicted octanol–water partition coefficient (Wildman–Crippen LogP) is 4.97. The number of phenols is 1. The standard InChI is InChI=1S/C17H17Cl2N3O/c1-17(2,10-6-7-11(18)12(19)8-10)9-20-16-21-13-4-3-5-14(23)15(13)22-16/h3-8,23H,9H2,1-2H3,(H2,20,21,22). The van der Waals surface area contributed by atoms with E-state index in [9.17, 15) is 5.11 Å². The summed E-state index contributed by atoms with van der Waals surface area (Å²) in [5.74, 6) is 0.783. The zero-order valence-electron chi connectivity index (χ0n) is 12.8. The van der Waals surface area contributed by atoms with Gasteiger partial charge >= 0.3 is 0 Å². The van der Waals surface area contributed by atoms with Crippen LogP contribution in [0.1, 0.15) is 19.4 Å². The molecule has 120 valence electrons. The Bertz CT molecular complexity index is 858. The maximum absolute atomic E-state index is 9.81. The second-order valence-corrected chi connectivity index (χ2v) is 6.94. The minimum atomic E-state index is -0.171. The van der Waals surface area contributed by atoms with Crippen molar-refractivity contribution in [2.75, 3.05) is 11.9 Å². The molecule has 0 aliphatic heterocycles. The Morgan fingerprint density at radius 2 is 1.96 bits per heavy atom. The normalized spacial score (nSPS) is 11.8. The average molecular weight is 350 g/mol. The van der Waals surface area contributed by atoms with Crippen LogP contribution in [0.25, 0.3) is 11.0 Å². The molecule has 0 saturated carbocycles. The molecule has 3 aromatic rings. The molecular weight excluding hydrogens is 333 g/mol. The maximum atomic E-state index is 9.81. The highest BCUT2D eigenvalue weighted by molar-refractivity contribution is 6.42. The fraction of sp³-hybridized carbons (Fsp3) is 0.235. The molecule has 0 unspecified atom stereocenters. The number of nitrogens with zero attached hydrogens (tertiary/aromatic N) is 1. The lowest BCUT2D eigenvalue weighted by Gasteiger charge is -2.26. The highest BCUT2D eigenvalue weighted by Gasteiger charge is 2.22. The van der Waals surface area contributed by atoms with E-state index in [1.165, 1.54) is 0 Å². The fourth-order valence-corrected chi connectivity index (χ4v) is 2.72. The lowest BCUT2D eigenvalue weighted by Crippen LogP contribution is -2.28. The Hall–Kier alpha value is -1.91. The van der Waals surface area contributed by atoms with Gasteiger partial charge in [-0.1, -0.05) is 49.2 Å². The number of anilines is 1. The van der Waals surface area contributed by atoms with E-state index >= 15 is 0 Å². The van der Waals surface area contributed by atoms with Crippen molar-refractivity contribution in [3.63, 3.8) is 0 Å². The van der Waals surface area contributed by atoms with E-state index in [0.717, 1.165) is 11.1 Å². The van der Waals surface area contributed by atoms with Gasteiger partial charge in [0, 0.05) is 12.0 Å². The van der Waals surface area contributed by atoms with Gasteiger partial charge in [-0.2, -0.15) is 0 Å². The van der Waals surface area contributed by atoms with Gasteiger partial charge in [-0.05, 0) is 29.8 Å². The smallest absolute Gasteiger partial charge is 0.201 e. The van der Waals surface area contributed by atoms with Crippen molar-refractivity contribution in [1.82, 2.24) is 9.97 Å². The van der Waals surface area contributed by atoms with Gasteiger partial charge in [0.25, 0.3) is 0 Å². The number of para-hydroxylation sites is 1. The van der Waals surface area contributed by atoms with Crippen LogP contribution in [-0.2, 0) is 5.41 Å². The number of halogens is 2. The van der Waals surface area contributed by atoms with Crippen LogP contribution < -0.4 is 5.32 Å². The van der Waals surface area contributed by atoms with Gasteiger partial charge in [0.1, 0.15) is 11.3 Å². The summed E-state index contributed by atoms with van der Waals surface area (Å²) in [6, 6.07) is 10.9. The van der Waals surface area contributed by atoms with Crippen LogP contribution in [0.15, 0.2) is 36.4 Å². The molecule has 0 fully saturated rings. The van der Waals surface area contributed by atoms with Gasteiger partial charge in [0.05, 0.1) is 15.6 Å². The second-order valence-electron chi connectivity index (χ2n) is 6.13. The number of aromatic amines is 1. The maximum Gasteiger partial charge on any atom is 0.201 e. The first-order valence-electron chi connectivity index (χ1n) is 7.24. The number of hydrogen-bond donors (Lipinski definition) is 3. The summed E-state index contributed by atoms with van der Waals surface area (Å²) < 4.78 is 0. The lowest BCUT2D eigenvalue weighted by molar-refractivity contribution is 0.480. The highest BCUT2D eigenvalue weighted by atomic mass is 35.5. The summed E-state index contributed by atoms with van der Waals surface area (Å²) >= 11 is 12.1. The van der Waals surface area contributed by atoms with Gasteiger partial charge in [0.2, 0.25) is 5.95 Å². The van der Waals surface area contributed by atoms with E-state index in [2.05, 4.69) is 29.1 Å². The van der Waals surface area contributed by atoms with E-state index in [-0.39, 0.29) is 11.2 Å². The number of benzene rings is 2. The first-order valence-corrected chi connectivity index (χ1v) is 7.99. The van der Waals surface area contributed by atoms with Crippen LogP contribution in [0.5, 0.6) is 5.75 Å². The molecular formula is C17H17Cl2N3O. The highest BCUT2D eigenvalue weighted by Crippen LogP contribution is 2.30. The fourth-order valence-electron chi connectivity index (χ4n) is 2.42. The first-order chi connectivity index (χ1) is 10.9. The number of imidazole rings is 1. The topological polar surface area (TPSA) is 60.9 Å². The summed E-state index contributed by atoms with van der Waals surface area (Å²) in [6.07, 6.45) is 0. The number of H-pyrrole nitrogens is 1. The van der Waals surface area contributed by atoms with Crippen molar-refractivity contribution >= 4 is 40.2 Å². The molecule has 4 nitrogen and oxygen atoms in total. The third-order valence-electron chi connectivity index (χ3n) is 3.89. The van der Waals surface area contributed by atoms with E-state index in [0.29, 0.717) is 28.1 Å². The Morgan fingerprint density at radius 1 is 1.17 bits per heavy atom. The summed E-state index contributed by atoms with van der Waals surface area (Å²) in [5.41, 5.74) is 2.26. The molecule has 0 spiro atoms. The number of fused-ring (bicyclic) bond motifs is 1. The molecule has 3 N–H and O–H groups in total. The summed E-state index contributed by atoms with van der Waals surface area (Å²) in [6.45, 7) is 4.87. The zero-order chi connectivity index (χ0) is 16.6. The Kier molecular flexibility index (Phi) is 4.13.